The zero-order valence-electron chi connectivity index (χ0n) is 4.96. The van der Waals surface area contributed by atoms with Crippen molar-refractivity contribution in [2.45, 2.75) is 17.6 Å². The van der Waals surface area contributed by atoms with Gasteiger partial charge in [0.15, 0.2) is 4.27 Å². The van der Waals surface area contributed by atoms with Gasteiger partial charge in [-0.05, 0) is 6.42 Å². The van der Waals surface area contributed by atoms with Crippen LogP contribution in [0.15, 0.2) is 13.2 Å². The van der Waals surface area contributed by atoms with E-state index >= 15 is 0 Å². The van der Waals surface area contributed by atoms with Crippen LogP contribution >= 0.6 is 25.3 Å². The van der Waals surface area contributed by atoms with Gasteiger partial charge in [0.2, 0.25) is 0 Å². The van der Waals surface area contributed by atoms with Crippen molar-refractivity contribution in [2.75, 3.05) is 0 Å². The maximum atomic E-state index is 8.55. The fourth-order valence-corrected chi connectivity index (χ4v) is 0. The van der Waals surface area contributed by atoms with Gasteiger partial charge in [-0.3, -0.25) is 0 Å². The normalized spacial score (nSPS) is 9.50. The van der Waals surface area contributed by atoms with Crippen LogP contribution in [0.4, 0.5) is 0 Å². The van der Waals surface area contributed by atoms with Gasteiger partial charge in [0.25, 0.3) is 0 Å². The van der Waals surface area contributed by atoms with E-state index in [1.807, 2.05) is 0 Å². The monoisotopic (exact) mass is 152 g/mol. The summed E-state index contributed by atoms with van der Waals surface area (Å²) >= 11 is 7.35. The van der Waals surface area contributed by atoms with E-state index in [1.54, 1.807) is 6.92 Å². The molecule has 0 atom stereocenters. The summed E-state index contributed by atoms with van der Waals surface area (Å²) in [6.45, 7) is 7.81. The van der Waals surface area contributed by atoms with Crippen molar-refractivity contribution in [1.29, 1.82) is 0 Å². The molecule has 0 rings (SSSR count). The molecule has 0 aromatic rings. The van der Waals surface area contributed by atoms with Crippen LogP contribution < -0.4 is 0 Å². The molecular formula is C5H12OS2. The van der Waals surface area contributed by atoms with Gasteiger partial charge in [-0.25, -0.2) is 0 Å². The standard InChI is InChI=1S/C3H8OS2.C2H4/c1-2-3(4,5)6;1-2/h4-6H,2H2,1H3;1-2H2. The van der Waals surface area contributed by atoms with Crippen molar-refractivity contribution < 1.29 is 5.11 Å². The predicted molar refractivity (Wildman–Crippen MR) is 44.5 cm³/mol. The highest BCUT2D eigenvalue weighted by Crippen LogP contribution is 2.17. The van der Waals surface area contributed by atoms with E-state index < -0.39 is 4.27 Å². The predicted octanol–water partition coefficient (Wildman–Crippen LogP) is 1.70. The van der Waals surface area contributed by atoms with E-state index in [2.05, 4.69) is 38.4 Å². The lowest BCUT2D eigenvalue weighted by atomic mass is 10.5. The summed E-state index contributed by atoms with van der Waals surface area (Å²) < 4.78 is -1.07. The minimum atomic E-state index is -1.07. The topological polar surface area (TPSA) is 20.2 Å². The van der Waals surface area contributed by atoms with Gasteiger partial charge in [-0.2, -0.15) is 0 Å². The van der Waals surface area contributed by atoms with Crippen LogP contribution in [0.1, 0.15) is 13.3 Å². The van der Waals surface area contributed by atoms with Crippen LogP contribution in [-0.2, 0) is 0 Å². The first-order valence-electron chi connectivity index (χ1n) is 2.23. The summed E-state index contributed by atoms with van der Waals surface area (Å²) in [6, 6.07) is 0. The Morgan fingerprint density at radius 3 is 1.62 bits per heavy atom. The number of thiol groups is 2. The van der Waals surface area contributed by atoms with E-state index in [-0.39, 0.29) is 0 Å². The summed E-state index contributed by atoms with van der Waals surface area (Å²) in [5, 5.41) is 8.55. The highest BCUT2D eigenvalue weighted by Gasteiger charge is 2.08. The zero-order chi connectivity index (χ0) is 7.21. The highest BCUT2D eigenvalue weighted by atomic mass is 32.2. The summed E-state index contributed by atoms with van der Waals surface area (Å²) in [5.41, 5.74) is 0. The minimum Gasteiger partial charge on any atom is -0.371 e. The van der Waals surface area contributed by atoms with Crippen LogP contribution in [0.3, 0.4) is 0 Å². The van der Waals surface area contributed by atoms with Crippen LogP contribution in [0.5, 0.6) is 0 Å². The molecular weight excluding hydrogens is 140 g/mol. The second kappa shape index (κ2) is 5.54. The Hall–Kier alpha value is 0.400. The number of aliphatic hydroxyl groups is 1. The molecule has 0 aromatic heterocycles. The molecule has 0 aliphatic heterocycles. The van der Waals surface area contributed by atoms with Crippen molar-refractivity contribution in [2.24, 2.45) is 0 Å². The van der Waals surface area contributed by atoms with Gasteiger partial charge in [0.1, 0.15) is 0 Å². The number of rotatable bonds is 1. The first-order valence-corrected chi connectivity index (χ1v) is 3.13. The first-order chi connectivity index (χ1) is 3.56. The van der Waals surface area contributed by atoms with Crippen LogP contribution in [0, 0.1) is 0 Å². The maximum Gasteiger partial charge on any atom is 0.151 e. The van der Waals surface area contributed by atoms with Crippen LogP contribution in [0.25, 0.3) is 0 Å². The van der Waals surface area contributed by atoms with Crippen LogP contribution in [-0.4, -0.2) is 9.37 Å². The molecule has 0 radical (unpaired) electrons. The summed E-state index contributed by atoms with van der Waals surface area (Å²) in [5.74, 6) is 0. The molecule has 0 bridgehead atoms. The molecule has 50 valence electrons. The van der Waals surface area contributed by atoms with E-state index in [4.69, 9.17) is 5.11 Å². The van der Waals surface area contributed by atoms with Gasteiger partial charge in [0, 0.05) is 0 Å². The van der Waals surface area contributed by atoms with Crippen molar-refractivity contribution in [1.82, 2.24) is 0 Å². The molecule has 8 heavy (non-hydrogen) atoms. The average Bonchev–Trinajstić information content (AvgIpc) is 1.71. The Balaban J connectivity index is 0. The van der Waals surface area contributed by atoms with Gasteiger partial charge >= 0.3 is 0 Å². The zero-order valence-corrected chi connectivity index (χ0v) is 6.75. The van der Waals surface area contributed by atoms with Crippen molar-refractivity contribution in [3.05, 3.63) is 13.2 Å². The largest absolute Gasteiger partial charge is 0.371 e. The molecule has 0 aliphatic carbocycles. The molecule has 0 fully saturated rings. The Morgan fingerprint density at radius 2 is 1.62 bits per heavy atom. The minimum absolute atomic E-state index is 0.555. The van der Waals surface area contributed by atoms with Gasteiger partial charge < -0.3 is 5.11 Å². The summed E-state index contributed by atoms with van der Waals surface area (Å²) in [6.07, 6.45) is 0.555. The molecule has 0 saturated heterocycles. The molecule has 3 heteroatoms. The summed E-state index contributed by atoms with van der Waals surface area (Å²) in [4.78, 5) is 0. The second-order valence-electron chi connectivity index (χ2n) is 1.13. The smallest absolute Gasteiger partial charge is 0.151 e. The number of hydrogen-bond donors (Lipinski definition) is 3. The van der Waals surface area contributed by atoms with Crippen LogP contribution in [0.2, 0.25) is 0 Å². The van der Waals surface area contributed by atoms with Gasteiger partial charge in [-0.15, -0.1) is 38.4 Å². The Labute approximate surface area is 61.6 Å². The lowest BCUT2D eigenvalue weighted by Gasteiger charge is -2.09. The number of hydrogen-bond acceptors (Lipinski definition) is 3. The van der Waals surface area contributed by atoms with E-state index in [0.29, 0.717) is 6.42 Å². The average molecular weight is 152 g/mol. The molecule has 0 spiro atoms. The molecule has 0 aliphatic rings. The quantitative estimate of drug-likeness (QED) is 0.297. The molecule has 0 unspecified atom stereocenters. The lowest BCUT2D eigenvalue weighted by Crippen LogP contribution is -2.07. The Bertz CT molecular complexity index is 48.9. The third-order valence-electron chi connectivity index (χ3n) is 0.474. The Morgan fingerprint density at radius 1 is 1.50 bits per heavy atom. The third-order valence-corrected chi connectivity index (χ3v) is 1.11. The molecule has 0 aromatic carbocycles. The highest BCUT2D eigenvalue weighted by molar-refractivity contribution is 8.00. The molecule has 0 saturated carbocycles. The SMILES string of the molecule is C=C.CCC(O)(S)S. The van der Waals surface area contributed by atoms with E-state index in [1.165, 1.54) is 0 Å². The van der Waals surface area contributed by atoms with Crippen molar-refractivity contribution >= 4 is 25.3 Å². The van der Waals surface area contributed by atoms with Gasteiger partial charge in [-0.1, -0.05) is 6.92 Å². The van der Waals surface area contributed by atoms with E-state index in [0.717, 1.165) is 0 Å². The molecule has 1 N–H and O–H groups in total. The van der Waals surface area contributed by atoms with Gasteiger partial charge in [0.05, 0.1) is 0 Å². The first kappa shape index (κ1) is 11.2. The van der Waals surface area contributed by atoms with Crippen molar-refractivity contribution in [3.8, 4) is 0 Å². The fourth-order valence-electron chi connectivity index (χ4n) is 0. The summed E-state index contributed by atoms with van der Waals surface area (Å²) in [7, 11) is 0. The lowest BCUT2D eigenvalue weighted by molar-refractivity contribution is 0.231. The molecule has 1 nitrogen and oxygen atoms in total. The molecule has 0 heterocycles. The Kier molecular flexibility index (Phi) is 7.77. The van der Waals surface area contributed by atoms with Crippen molar-refractivity contribution in [3.63, 3.8) is 0 Å². The fraction of sp³-hybridized carbons (Fsp3) is 0.600. The molecule has 0 amide bonds. The second-order valence-corrected chi connectivity index (χ2v) is 2.96. The van der Waals surface area contributed by atoms with E-state index in [9.17, 15) is 0 Å². The maximum absolute atomic E-state index is 8.55. The third kappa shape index (κ3) is 16.1.